The highest BCUT2D eigenvalue weighted by atomic mass is 35.5. The Morgan fingerprint density at radius 1 is 1.32 bits per heavy atom. The van der Waals surface area contributed by atoms with E-state index in [0.717, 1.165) is 17.6 Å². The number of esters is 1. The smallest absolute Gasteiger partial charge is 0.338 e. The van der Waals surface area contributed by atoms with Crippen molar-refractivity contribution >= 4 is 28.6 Å². The molecule has 3 aromatic rings. The second-order valence-corrected chi connectivity index (χ2v) is 5.06. The highest BCUT2D eigenvalue weighted by molar-refractivity contribution is 6.29. The maximum Gasteiger partial charge on any atom is 0.338 e. The first kappa shape index (κ1) is 14.5. The molecule has 112 valence electrons. The molecule has 22 heavy (non-hydrogen) atoms. The fraction of sp³-hybridized carbons (Fsp3) is 0.200. The lowest BCUT2D eigenvalue weighted by molar-refractivity contribution is 0.0472. The van der Waals surface area contributed by atoms with E-state index in [4.69, 9.17) is 16.3 Å². The Morgan fingerprint density at radius 2 is 2.18 bits per heavy atom. The molecule has 0 aliphatic rings. The van der Waals surface area contributed by atoms with Crippen molar-refractivity contribution in [1.82, 2.24) is 20.0 Å². The number of benzene rings is 1. The first-order chi connectivity index (χ1) is 10.7. The Hall–Kier alpha value is -2.47. The second kappa shape index (κ2) is 6.11. The molecule has 2 heterocycles. The van der Waals surface area contributed by atoms with Crippen LogP contribution in [-0.2, 0) is 17.9 Å². The van der Waals surface area contributed by atoms with Gasteiger partial charge < -0.3 is 4.74 Å². The van der Waals surface area contributed by atoms with Gasteiger partial charge in [0.1, 0.15) is 17.3 Å². The Bertz CT molecular complexity index is 814. The second-order valence-electron chi connectivity index (χ2n) is 4.67. The van der Waals surface area contributed by atoms with Gasteiger partial charge in [-0.3, -0.25) is 0 Å². The van der Waals surface area contributed by atoms with Gasteiger partial charge in [-0.2, -0.15) is 0 Å². The Kier molecular flexibility index (Phi) is 4.02. The van der Waals surface area contributed by atoms with Crippen molar-refractivity contribution in [2.45, 2.75) is 20.1 Å². The third kappa shape index (κ3) is 2.92. The maximum absolute atomic E-state index is 12.1. The number of pyridine rings is 1. The predicted molar refractivity (Wildman–Crippen MR) is 81.6 cm³/mol. The molecule has 1 aromatic carbocycles. The standard InChI is InChI=1S/C15H13ClN4O2/c1-2-20-13-5-4-11(7-12(13)18-19-20)15(21)22-9-10-3-6-14(16)17-8-10/h3-8H,2,9H2,1H3. The molecule has 0 radical (unpaired) electrons. The van der Waals surface area contributed by atoms with E-state index in [-0.39, 0.29) is 6.61 Å². The predicted octanol–water partition coefficient (Wildman–Crippen LogP) is 2.86. The molecule has 0 aliphatic heterocycles. The normalized spacial score (nSPS) is 10.8. The molecule has 0 unspecified atom stereocenters. The van der Waals surface area contributed by atoms with Crippen LogP contribution >= 0.6 is 11.6 Å². The molecule has 3 rings (SSSR count). The van der Waals surface area contributed by atoms with Gasteiger partial charge in [-0.1, -0.05) is 22.9 Å². The summed E-state index contributed by atoms with van der Waals surface area (Å²) in [5.74, 6) is -0.414. The molecule has 0 aliphatic carbocycles. The zero-order valence-electron chi connectivity index (χ0n) is 11.9. The van der Waals surface area contributed by atoms with Crippen molar-refractivity contribution in [2.75, 3.05) is 0 Å². The summed E-state index contributed by atoms with van der Waals surface area (Å²) in [5, 5.41) is 8.45. The molecule has 6 nitrogen and oxygen atoms in total. The van der Waals surface area contributed by atoms with E-state index >= 15 is 0 Å². The molecule has 0 amide bonds. The number of carbonyl (C=O) groups is 1. The lowest BCUT2D eigenvalue weighted by Gasteiger charge is -2.05. The van der Waals surface area contributed by atoms with Crippen LogP contribution in [0.1, 0.15) is 22.8 Å². The minimum atomic E-state index is -0.414. The van der Waals surface area contributed by atoms with Crippen LogP contribution in [0.2, 0.25) is 5.15 Å². The number of carbonyl (C=O) groups excluding carboxylic acids is 1. The summed E-state index contributed by atoms with van der Waals surface area (Å²) >= 11 is 5.71. The van der Waals surface area contributed by atoms with Crippen molar-refractivity contribution in [3.8, 4) is 0 Å². The number of aryl methyl sites for hydroxylation is 1. The molecule has 0 saturated heterocycles. The van der Waals surface area contributed by atoms with Gasteiger partial charge in [0.25, 0.3) is 0 Å². The summed E-state index contributed by atoms with van der Waals surface area (Å²) in [6.45, 7) is 2.85. The van der Waals surface area contributed by atoms with Gasteiger partial charge in [0, 0.05) is 18.3 Å². The maximum atomic E-state index is 12.1. The van der Waals surface area contributed by atoms with Crippen LogP contribution in [0.3, 0.4) is 0 Å². The van der Waals surface area contributed by atoms with Crippen LogP contribution in [0.15, 0.2) is 36.5 Å². The third-order valence-electron chi connectivity index (χ3n) is 3.21. The van der Waals surface area contributed by atoms with E-state index in [1.165, 1.54) is 0 Å². The molecule has 0 fully saturated rings. The summed E-state index contributed by atoms with van der Waals surface area (Å²) < 4.78 is 7.03. The Balaban J connectivity index is 1.73. The van der Waals surface area contributed by atoms with Gasteiger partial charge in [0.15, 0.2) is 0 Å². The first-order valence-electron chi connectivity index (χ1n) is 6.78. The van der Waals surface area contributed by atoms with Gasteiger partial charge in [0.05, 0.1) is 11.1 Å². The zero-order chi connectivity index (χ0) is 15.5. The third-order valence-corrected chi connectivity index (χ3v) is 3.43. The van der Waals surface area contributed by atoms with Crippen molar-refractivity contribution in [3.63, 3.8) is 0 Å². The highest BCUT2D eigenvalue weighted by Gasteiger charge is 2.11. The van der Waals surface area contributed by atoms with E-state index in [1.807, 2.05) is 13.0 Å². The van der Waals surface area contributed by atoms with Gasteiger partial charge in [-0.25, -0.2) is 14.5 Å². The van der Waals surface area contributed by atoms with Gasteiger partial charge in [-0.15, -0.1) is 5.10 Å². The fourth-order valence-corrected chi connectivity index (χ4v) is 2.17. The monoisotopic (exact) mass is 316 g/mol. The van der Waals surface area contributed by atoms with Crippen LogP contribution < -0.4 is 0 Å². The average Bonchev–Trinajstić information content (AvgIpc) is 2.96. The molecular formula is C15H13ClN4O2. The van der Waals surface area contributed by atoms with E-state index < -0.39 is 5.97 Å². The number of nitrogens with zero attached hydrogens (tertiary/aromatic N) is 4. The van der Waals surface area contributed by atoms with Gasteiger partial charge >= 0.3 is 5.97 Å². The number of aromatic nitrogens is 4. The van der Waals surface area contributed by atoms with E-state index in [1.54, 1.807) is 35.1 Å². The van der Waals surface area contributed by atoms with Crippen molar-refractivity contribution < 1.29 is 9.53 Å². The summed E-state index contributed by atoms with van der Waals surface area (Å²) in [6, 6.07) is 8.62. The van der Waals surface area contributed by atoms with E-state index in [0.29, 0.717) is 16.2 Å². The van der Waals surface area contributed by atoms with Crippen molar-refractivity contribution in [3.05, 3.63) is 52.8 Å². The van der Waals surface area contributed by atoms with Crippen LogP contribution in [0.25, 0.3) is 11.0 Å². The molecule has 0 saturated carbocycles. The molecule has 0 atom stereocenters. The van der Waals surface area contributed by atoms with Crippen molar-refractivity contribution in [2.24, 2.45) is 0 Å². The average molecular weight is 317 g/mol. The number of fused-ring (bicyclic) bond motifs is 1. The summed E-state index contributed by atoms with van der Waals surface area (Å²) in [6.07, 6.45) is 1.58. The molecule has 0 bridgehead atoms. The van der Waals surface area contributed by atoms with Crippen LogP contribution in [-0.4, -0.2) is 25.9 Å². The van der Waals surface area contributed by atoms with E-state index in [9.17, 15) is 4.79 Å². The van der Waals surface area contributed by atoms with Crippen LogP contribution in [0.4, 0.5) is 0 Å². The lowest BCUT2D eigenvalue weighted by atomic mass is 10.2. The largest absolute Gasteiger partial charge is 0.457 e. The Morgan fingerprint density at radius 3 is 2.91 bits per heavy atom. The van der Waals surface area contributed by atoms with Crippen LogP contribution in [0.5, 0.6) is 0 Å². The quantitative estimate of drug-likeness (QED) is 0.547. The minimum absolute atomic E-state index is 0.142. The number of ether oxygens (including phenoxy) is 1. The summed E-state index contributed by atoms with van der Waals surface area (Å²) in [5.41, 5.74) is 2.78. The van der Waals surface area contributed by atoms with Crippen LogP contribution in [0, 0.1) is 0 Å². The molecule has 7 heteroatoms. The fourth-order valence-electron chi connectivity index (χ4n) is 2.06. The molecule has 0 N–H and O–H groups in total. The SMILES string of the molecule is CCn1nnc2cc(C(=O)OCc3ccc(Cl)nc3)ccc21. The topological polar surface area (TPSA) is 69.9 Å². The molecule has 2 aromatic heterocycles. The number of hydrogen-bond acceptors (Lipinski definition) is 5. The van der Waals surface area contributed by atoms with E-state index in [2.05, 4.69) is 15.3 Å². The van der Waals surface area contributed by atoms with Crippen molar-refractivity contribution in [1.29, 1.82) is 0 Å². The number of halogens is 1. The first-order valence-corrected chi connectivity index (χ1v) is 7.16. The summed E-state index contributed by atoms with van der Waals surface area (Å²) in [4.78, 5) is 16.0. The highest BCUT2D eigenvalue weighted by Crippen LogP contribution is 2.15. The van der Waals surface area contributed by atoms with Gasteiger partial charge in [0.2, 0.25) is 0 Å². The molecule has 0 spiro atoms. The molecular weight excluding hydrogens is 304 g/mol. The van der Waals surface area contributed by atoms with Gasteiger partial charge in [-0.05, 0) is 31.2 Å². The summed E-state index contributed by atoms with van der Waals surface area (Å²) in [7, 11) is 0. The number of rotatable bonds is 4. The number of hydrogen-bond donors (Lipinski definition) is 0. The minimum Gasteiger partial charge on any atom is -0.457 e. The Labute approximate surface area is 131 Å². The lowest BCUT2D eigenvalue weighted by Crippen LogP contribution is -2.05. The zero-order valence-corrected chi connectivity index (χ0v) is 12.6.